The number of methoxy groups -OCH3 is 1. The van der Waals surface area contributed by atoms with Crippen molar-refractivity contribution in [3.05, 3.63) is 48.0 Å². The molecule has 2 aromatic carbocycles. The molecule has 0 radical (unpaired) electrons. The summed E-state index contributed by atoms with van der Waals surface area (Å²) < 4.78 is 34.6. The standard InChI is InChI=1S/C22H30N2O5S/c1-4-6-13-24(14-7-5-2)18-9-8-10-19(16-18)29-20-12-11-17(22(25)28-3)15-21(20)30(23,26)27/h8-12,15-16H,4-7,13-14H2,1-3H3,(H2,23,26,27). The molecule has 0 aliphatic heterocycles. The van der Waals surface area contributed by atoms with Gasteiger partial charge in [0.1, 0.15) is 16.4 Å². The number of rotatable bonds is 11. The number of nitrogens with zero attached hydrogens (tertiary/aromatic N) is 1. The zero-order valence-corrected chi connectivity index (χ0v) is 18.6. The lowest BCUT2D eigenvalue weighted by Gasteiger charge is -2.25. The summed E-state index contributed by atoms with van der Waals surface area (Å²) in [4.78, 5) is 13.8. The number of sulfonamides is 1. The largest absolute Gasteiger partial charge is 0.465 e. The third-order valence-electron chi connectivity index (χ3n) is 4.65. The molecule has 0 aromatic heterocycles. The number of carbonyl (C=O) groups excluding carboxylic acids is 1. The van der Waals surface area contributed by atoms with E-state index in [4.69, 9.17) is 9.88 Å². The van der Waals surface area contributed by atoms with Gasteiger partial charge in [-0.3, -0.25) is 0 Å². The Morgan fingerprint density at radius 2 is 1.70 bits per heavy atom. The first kappa shape index (κ1) is 23.7. The third-order valence-corrected chi connectivity index (χ3v) is 5.58. The maximum Gasteiger partial charge on any atom is 0.337 e. The van der Waals surface area contributed by atoms with Crippen LogP contribution in [0.15, 0.2) is 47.4 Å². The van der Waals surface area contributed by atoms with Crippen LogP contribution in [0.5, 0.6) is 11.5 Å². The monoisotopic (exact) mass is 434 g/mol. The van der Waals surface area contributed by atoms with Gasteiger partial charge in [0.05, 0.1) is 12.7 Å². The highest BCUT2D eigenvalue weighted by atomic mass is 32.2. The first-order valence-electron chi connectivity index (χ1n) is 10.1. The van der Waals surface area contributed by atoms with E-state index in [0.717, 1.165) is 50.5 Å². The molecule has 0 spiro atoms. The van der Waals surface area contributed by atoms with Crippen molar-refractivity contribution in [2.75, 3.05) is 25.1 Å². The lowest BCUT2D eigenvalue weighted by Crippen LogP contribution is -2.25. The van der Waals surface area contributed by atoms with Gasteiger partial charge in [0.25, 0.3) is 0 Å². The van der Waals surface area contributed by atoms with E-state index >= 15 is 0 Å². The van der Waals surface area contributed by atoms with Gasteiger partial charge in [-0.2, -0.15) is 0 Å². The van der Waals surface area contributed by atoms with Crippen molar-refractivity contribution in [3.8, 4) is 11.5 Å². The Labute approximate surface area is 178 Å². The van der Waals surface area contributed by atoms with Crippen LogP contribution < -0.4 is 14.8 Å². The predicted molar refractivity (Wildman–Crippen MR) is 118 cm³/mol. The number of carbonyl (C=O) groups is 1. The molecule has 0 heterocycles. The van der Waals surface area contributed by atoms with Gasteiger partial charge in [0, 0.05) is 24.8 Å². The summed E-state index contributed by atoms with van der Waals surface area (Å²) in [6, 6.07) is 11.5. The fourth-order valence-electron chi connectivity index (χ4n) is 3.00. The maximum absolute atomic E-state index is 12.1. The molecule has 0 aliphatic rings. The second-order valence-corrected chi connectivity index (χ2v) is 8.52. The topological polar surface area (TPSA) is 98.9 Å². The van der Waals surface area contributed by atoms with Crippen LogP contribution in [0.25, 0.3) is 0 Å². The Morgan fingerprint density at radius 1 is 1.03 bits per heavy atom. The van der Waals surface area contributed by atoms with Crippen LogP contribution in [0.2, 0.25) is 0 Å². The molecule has 8 heteroatoms. The highest BCUT2D eigenvalue weighted by Gasteiger charge is 2.20. The summed E-state index contributed by atoms with van der Waals surface area (Å²) in [7, 11) is -2.89. The first-order valence-corrected chi connectivity index (χ1v) is 11.6. The van der Waals surface area contributed by atoms with Gasteiger partial charge in [-0.25, -0.2) is 18.4 Å². The number of ether oxygens (including phenoxy) is 2. The van der Waals surface area contributed by atoms with Crippen molar-refractivity contribution in [3.63, 3.8) is 0 Å². The SMILES string of the molecule is CCCCN(CCCC)c1cccc(Oc2ccc(C(=O)OC)cc2S(N)(=O)=O)c1. The second kappa shape index (κ2) is 11.0. The lowest BCUT2D eigenvalue weighted by molar-refractivity contribution is 0.0600. The zero-order valence-electron chi connectivity index (χ0n) is 17.8. The van der Waals surface area contributed by atoms with E-state index in [-0.39, 0.29) is 16.2 Å². The fourth-order valence-corrected chi connectivity index (χ4v) is 3.68. The number of anilines is 1. The Morgan fingerprint density at radius 3 is 2.27 bits per heavy atom. The number of esters is 1. The summed E-state index contributed by atoms with van der Waals surface area (Å²) in [6.07, 6.45) is 4.37. The first-order chi connectivity index (χ1) is 14.3. The number of unbranched alkanes of at least 4 members (excludes halogenated alkanes) is 2. The average molecular weight is 435 g/mol. The van der Waals surface area contributed by atoms with Crippen LogP contribution in [-0.4, -0.2) is 34.6 Å². The number of nitrogens with two attached hydrogens (primary N) is 1. The number of primary sulfonamides is 1. The Bertz CT molecular complexity index is 952. The Balaban J connectivity index is 2.36. The molecule has 30 heavy (non-hydrogen) atoms. The minimum Gasteiger partial charge on any atom is -0.465 e. The normalized spacial score (nSPS) is 11.2. The van der Waals surface area contributed by atoms with Crippen LogP contribution in [0.3, 0.4) is 0 Å². The smallest absolute Gasteiger partial charge is 0.337 e. The molecule has 0 atom stereocenters. The van der Waals surface area contributed by atoms with Crippen LogP contribution >= 0.6 is 0 Å². The molecule has 0 bridgehead atoms. The molecule has 2 N–H and O–H groups in total. The minimum absolute atomic E-state index is 0.0518. The van der Waals surface area contributed by atoms with Gasteiger partial charge >= 0.3 is 5.97 Å². The van der Waals surface area contributed by atoms with Gasteiger partial charge in [-0.15, -0.1) is 0 Å². The van der Waals surface area contributed by atoms with Gasteiger partial charge in [-0.1, -0.05) is 32.8 Å². The molecule has 164 valence electrons. The van der Waals surface area contributed by atoms with Crippen LogP contribution in [-0.2, 0) is 14.8 Å². The summed E-state index contributed by atoms with van der Waals surface area (Å²) in [5, 5.41) is 5.34. The molecule has 0 amide bonds. The molecule has 7 nitrogen and oxygen atoms in total. The average Bonchev–Trinajstić information content (AvgIpc) is 2.73. The lowest BCUT2D eigenvalue weighted by atomic mass is 10.2. The van der Waals surface area contributed by atoms with E-state index in [9.17, 15) is 13.2 Å². The molecule has 2 rings (SSSR count). The molecule has 0 aliphatic carbocycles. The van der Waals surface area contributed by atoms with E-state index in [0.29, 0.717) is 5.75 Å². The molecular formula is C22H30N2O5S. The van der Waals surface area contributed by atoms with Gasteiger partial charge in [0.15, 0.2) is 0 Å². The third kappa shape index (κ3) is 6.47. The number of hydrogen-bond donors (Lipinski definition) is 1. The molecular weight excluding hydrogens is 404 g/mol. The minimum atomic E-state index is -4.11. The van der Waals surface area contributed by atoms with Crippen molar-refractivity contribution >= 4 is 21.7 Å². The summed E-state index contributed by atoms with van der Waals surface area (Å²) in [5.74, 6) is -0.117. The van der Waals surface area contributed by atoms with Gasteiger partial charge in [0.2, 0.25) is 10.0 Å². The summed E-state index contributed by atoms with van der Waals surface area (Å²) >= 11 is 0. The van der Waals surface area contributed by atoms with E-state index < -0.39 is 16.0 Å². The van der Waals surface area contributed by atoms with Crippen LogP contribution in [0.4, 0.5) is 5.69 Å². The molecule has 0 fully saturated rings. The van der Waals surface area contributed by atoms with E-state index in [1.54, 1.807) is 6.07 Å². The van der Waals surface area contributed by atoms with Crippen molar-refractivity contribution in [2.45, 2.75) is 44.4 Å². The van der Waals surface area contributed by atoms with Crippen molar-refractivity contribution < 1.29 is 22.7 Å². The summed E-state index contributed by atoms with van der Waals surface area (Å²) in [5.41, 5.74) is 1.09. The predicted octanol–water partition coefficient (Wildman–Crippen LogP) is 4.32. The van der Waals surface area contributed by atoms with E-state index in [1.165, 1.54) is 19.2 Å². The van der Waals surface area contributed by atoms with Crippen molar-refractivity contribution in [2.24, 2.45) is 5.14 Å². The fraction of sp³-hybridized carbons (Fsp3) is 0.409. The molecule has 0 unspecified atom stereocenters. The molecule has 0 saturated heterocycles. The van der Waals surface area contributed by atoms with Gasteiger partial charge < -0.3 is 14.4 Å². The quantitative estimate of drug-likeness (QED) is 0.529. The molecule has 2 aromatic rings. The van der Waals surface area contributed by atoms with Gasteiger partial charge in [-0.05, 0) is 43.2 Å². The van der Waals surface area contributed by atoms with E-state index in [1.807, 2.05) is 18.2 Å². The van der Waals surface area contributed by atoms with Crippen molar-refractivity contribution in [1.29, 1.82) is 0 Å². The highest BCUT2D eigenvalue weighted by Crippen LogP contribution is 2.31. The summed E-state index contributed by atoms with van der Waals surface area (Å²) in [6.45, 7) is 6.20. The number of benzene rings is 2. The number of hydrogen-bond acceptors (Lipinski definition) is 6. The van der Waals surface area contributed by atoms with Crippen LogP contribution in [0.1, 0.15) is 49.9 Å². The Kier molecular flexibility index (Phi) is 8.68. The zero-order chi connectivity index (χ0) is 22.1. The molecule has 0 saturated carbocycles. The Hall–Kier alpha value is -2.58. The van der Waals surface area contributed by atoms with Crippen LogP contribution in [0, 0.1) is 0 Å². The second-order valence-electron chi connectivity index (χ2n) is 6.99. The highest BCUT2D eigenvalue weighted by molar-refractivity contribution is 7.89. The van der Waals surface area contributed by atoms with Crippen molar-refractivity contribution in [1.82, 2.24) is 0 Å². The maximum atomic E-state index is 12.1. The van der Waals surface area contributed by atoms with E-state index in [2.05, 4.69) is 23.5 Å².